The number of nitrogens with zero attached hydrogens (tertiary/aromatic N) is 3. The van der Waals surface area contributed by atoms with E-state index in [0.717, 1.165) is 24.8 Å². The molecule has 4 rings (SSSR count). The first-order valence-corrected chi connectivity index (χ1v) is 8.62. The minimum absolute atomic E-state index is 0.0199. The van der Waals surface area contributed by atoms with E-state index in [4.69, 9.17) is 0 Å². The van der Waals surface area contributed by atoms with E-state index >= 15 is 0 Å². The molecule has 1 aliphatic heterocycles. The SMILES string of the molecule is Cc1ccn2c(=O)cc(CN3C(=O)NC4(CCCCC4)C3=O)nc2c1. The number of nitrogens with one attached hydrogen (secondary N) is 1. The number of fused-ring (bicyclic) bond motifs is 1. The molecule has 0 radical (unpaired) electrons. The minimum atomic E-state index is -0.752. The molecule has 0 aromatic carbocycles. The molecule has 1 aliphatic carbocycles. The number of pyridine rings is 1. The zero-order chi connectivity index (χ0) is 17.6. The summed E-state index contributed by atoms with van der Waals surface area (Å²) in [4.78, 5) is 43.1. The Bertz CT molecular complexity index is 928. The van der Waals surface area contributed by atoms with Crippen molar-refractivity contribution in [2.24, 2.45) is 0 Å². The fourth-order valence-corrected chi connectivity index (χ4v) is 3.81. The van der Waals surface area contributed by atoms with Crippen LogP contribution in [0.25, 0.3) is 5.65 Å². The van der Waals surface area contributed by atoms with Gasteiger partial charge in [0.05, 0.1) is 12.2 Å². The van der Waals surface area contributed by atoms with Crippen molar-refractivity contribution >= 4 is 17.6 Å². The highest BCUT2D eigenvalue weighted by atomic mass is 16.2. The van der Waals surface area contributed by atoms with Gasteiger partial charge >= 0.3 is 6.03 Å². The van der Waals surface area contributed by atoms with Crippen LogP contribution in [0, 0.1) is 6.92 Å². The van der Waals surface area contributed by atoms with Gasteiger partial charge in [0, 0.05) is 12.3 Å². The highest BCUT2D eigenvalue weighted by Crippen LogP contribution is 2.34. The van der Waals surface area contributed by atoms with Crippen molar-refractivity contribution in [3.05, 3.63) is 46.0 Å². The fraction of sp³-hybridized carbons (Fsp3) is 0.444. The largest absolute Gasteiger partial charge is 0.325 e. The molecule has 25 heavy (non-hydrogen) atoms. The molecule has 2 aromatic heterocycles. The topological polar surface area (TPSA) is 83.8 Å². The van der Waals surface area contributed by atoms with Crippen LogP contribution in [0.1, 0.15) is 43.4 Å². The maximum atomic E-state index is 12.8. The van der Waals surface area contributed by atoms with Crippen molar-refractivity contribution in [1.82, 2.24) is 19.6 Å². The number of carbonyl (C=O) groups excluding carboxylic acids is 2. The molecule has 0 atom stereocenters. The molecule has 7 nitrogen and oxygen atoms in total. The number of imide groups is 1. The van der Waals surface area contributed by atoms with Crippen molar-refractivity contribution in [2.45, 2.75) is 51.1 Å². The van der Waals surface area contributed by atoms with Gasteiger partial charge in [-0.25, -0.2) is 9.78 Å². The molecule has 2 fully saturated rings. The first-order valence-electron chi connectivity index (χ1n) is 8.62. The first kappa shape index (κ1) is 15.8. The Labute approximate surface area is 144 Å². The van der Waals surface area contributed by atoms with Crippen molar-refractivity contribution < 1.29 is 9.59 Å². The van der Waals surface area contributed by atoms with Crippen molar-refractivity contribution in [2.75, 3.05) is 0 Å². The van der Waals surface area contributed by atoms with Crippen LogP contribution in [0.15, 0.2) is 29.2 Å². The molecule has 0 bridgehead atoms. The molecular formula is C18H20N4O3. The summed E-state index contributed by atoms with van der Waals surface area (Å²) in [6, 6.07) is 4.63. The second kappa shape index (κ2) is 5.68. The van der Waals surface area contributed by atoms with Crippen LogP contribution in [0.2, 0.25) is 0 Å². The number of carbonyl (C=O) groups is 2. The van der Waals surface area contributed by atoms with Crippen LogP contribution < -0.4 is 10.9 Å². The summed E-state index contributed by atoms with van der Waals surface area (Å²) in [5.41, 5.74) is 0.950. The summed E-state index contributed by atoms with van der Waals surface area (Å²) < 4.78 is 1.45. The van der Waals surface area contributed by atoms with E-state index in [0.29, 0.717) is 24.2 Å². The number of amides is 3. The van der Waals surface area contributed by atoms with Crippen LogP contribution >= 0.6 is 0 Å². The molecule has 3 amide bonds. The number of hydrogen-bond donors (Lipinski definition) is 1. The van der Waals surface area contributed by atoms with E-state index in [1.165, 1.54) is 15.4 Å². The van der Waals surface area contributed by atoms with Gasteiger partial charge in [0.1, 0.15) is 11.2 Å². The lowest BCUT2D eigenvalue weighted by Gasteiger charge is -2.30. The zero-order valence-electron chi connectivity index (χ0n) is 14.1. The van der Waals surface area contributed by atoms with Gasteiger partial charge in [0.25, 0.3) is 11.5 Å². The van der Waals surface area contributed by atoms with E-state index in [9.17, 15) is 14.4 Å². The van der Waals surface area contributed by atoms with Gasteiger partial charge in [0.2, 0.25) is 0 Å². The summed E-state index contributed by atoms with van der Waals surface area (Å²) in [6.07, 6.45) is 6.01. The molecule has 1 spiro atoms. The number of rotatable bonds is 2. The van der Waals surface area contributed by atoms with E-state index in [-0.39, 0.29) is 18.0 Å². The second-order valence-electron chi connectivity index (χ2n) is 6.98. The molecule has 1 N–H and O–H groups in total. The molecule has 1 saturated carbocycles. The Morgan fingerprint density at radius 3 is 2.68 bits per heavy atom. The van der Waals surface area contributed by atoms with E-state index in [2.05, 4.69) is 10.3 Å². The quantitative estimate of drug-likeness (QED) is 0.844. The highest BCUT2D eigenvalue weighted by molar-refractivity contribution is 6.07. The number of aromatic nitrogens is 2. The Morgan fingerprint density at radius 1 is 1.16 bits per heavy atom. The molecule has 2 aliphatic rings. The molecule has 1 saturated heterocycles. The van der Waals surface area contributed by atoms with Crippen LogP contribution in [-0.4, -0.2) is 31.8 Å². The Morgan fingerprint density at radius 2 is 1.92 bits per heavy atom. The van der Waals surface area contributed by atoms with Crippen molar-refractivity contribution in [3.63, 3.8) is 0 Å². The first-order chi connectivity index (χ1) is 12.0. The predicted octanol–water partition coefficient (Wildman–Crippen LogP) is 1.76. The molecular weight excluding hydrogens is 320 g/mol. The van der Waals surface area contributed by atoms with Gasteiger partial charge in [-0.3, -0.25) is 18.9 Å². The lowest BCUT2D eigenvalue weighted by Crippen LogP contribution is -2.48. The monoisotopic (exact) mass is 340 g/mol. The summed E-state index contributed by atoms with van der Waals surface area (Å²) in [5, 5.41) is 2.88. The van der Waals surface area contributed by atoms with Crippen molar-refractivity contribution in [3.8, 4) is 0 Å². The van der Waals surface area contributed by atoms with E-state index in [1.807, 2.05) is 13.0 Å². The van der Waals surface area contributed by atoms with Gasteiger partial charge < -0.3 is 5.32 Å². The lowest BCUT2D eigenvalue weighted by atomic mass is 9.82. The third-order valence-corrected chi connectivity index (χ3v) is 5.15. The standard InChI is InChI=1S/C18H20N4O3/c1-12-5-8-21-14(9-12)19-13(10-15(21)23)11-22-16(24)18(20-17(22)25)6-3-2-4-7-18/h5,8-10H,2-4,6-7,11H2,1H3,(H,20,25). The average molecular weight is 340 g/mol. The number of hydrogen-bond acceptors (Lipinski definition) is 4. The summed E-state index contributed by atoms with van der Waals surface area (Å²) >= 11 is 0. The van der Waals surface area contributed by atoms with Gasteiger partial charge in [-0.2, -0.15) is 0 Å². The number of aryl methyl sites for hydroxylation is 1. The van der Waals surface area contributed by atoms with Gasteiger partial charge in [0.15, 0.2) is 0 Å². The molecule has 130 valence electrons. The summed E-state index contributed by atoms with van der Waals surface area (Å²) in [6.45, 7) is 1.94. The molecule has 0 unspecified atom stereocenters. The smallest absolute Gasteiger partial charge is 0.323 e. The summed E-state index contributed by atoms with van der Waals surface area (Å²) in [5.74, 6) is -0.191. The maximum Gasteiger partial charge on any atom is 0.325 e. The molecule has 3 heterocycles. The van der Waals surface area contributed by atoms with Crippen molar-refractivity contribution in [1.29, 1.82) is 0 Å². The summed E-state index contributed by atoms with van der Waals surface area (Å²) in [7, 11) is 0. The highest BCUT2D eigenvalue weighted by Gasteiger charge is 2.51. The lowest BCUT2D eigenvalue weighted by molar-refractivity contribution is -0.132. The van der Waals surface area contributed by atoms with E-state index < -0.39 is 11.6 Å². The normalized spacial score (nSPS) is 19.6. The molecule has 7 heteroatoms. The van der Waals surface area contributed by atoms with Crippen LogP contribution in [0.5, 0.6) is 0 Å². The average Bonchev–Trinajstić information content (AvgIpc) is 2.79. The Balaban J connectivity index is 1.66. The Kier molecular flexibility index (Phi) is 3.59. The zero-order valence-corrected chi connectivity index (χ0v) is 14.1. The van der Waals surface area contributed by atoms with Crippen LogP contribution in [0.3, 0.4) is 0 Å². The van der Waals surface area contributed by atoms with Crippen LogP contribution in [-0.2, 0) is 11.3 Å². The third kappa shape index (κ3) is 2.59. The van der Waals surface area contributed by atoms with E-state index in [1.54, 1.807) is 12.3 Å². The maximum absolute atomic E-state index is 12.8. The van der Waals surface area contributed by atoms with Gasteiger partial charge in [-0.05, 0) is 37.5 Å². The molecule has 2 aromatic rings. The predicted molar refractivity (Wildman–Crippen MR) is 91.1 cm³/mol. The fourth-order valence-electron chi connectivity index (χ4n) is 3.81. The Hall–Kier alpha value is -2.70. The van der Waals surface area contributed by atoms with Gasteiger partial charge in [-0.15, -0.1) is 0 Å². The van der Waals surface area contributed by atoms with Gasteiger partial charge in [-0.1, -0.05) is 19.3 Å². The minimum Gasteiger partial charge on any atom is -0.323 e. The second-order valence-corrected chi connectivity index (χ2v) is 6.98. The van der Waals surface area contributed by atoms with Crippen LogP contribution in [0.4, 0.5) is 4.79 Å². The number of urea groups is 1. The third-order valence-electron chi connectivity index (χ3n) is 5.15.